The SMILES string of the molecule is C=CCNC(=S)NC(=O)C=O. The third kappa shape index (κ3) is 5.23. The maximum atomic E-state index is 10.4. The minimum Gasteiger partial charge on any atom is -0.359 e. The van der Waals surface area contributed by atoms with Crippen LogP contribution in [0, 0.1) is 0 Å². The smallest absolute Gasteiger partial charge is 0.290 e. The largest absolute Gasteiger partial charge is 0.359 e. The van der Waals surface area contributed by atoms with Crippen LogP contribution in [-0.2, 0) is 9.59 Å². The van der Waals surface area contributed by atoms with E-state index in [9.17, 15) is 9.59 Å². The van der Waals surface area contributed by atoms with Gasteiger partial charge in [0.1, 0.15) is 0 Å². The number of hydrogen-bond acceptors (Lipinski definition) is 3. The molecular weight excluding hydrogens is 164 g/mol. The lowest BCUT2D eigenvalue weighted by molar-refractivity contribution is -0.130. The van der Waals surface area contributed by atoms with E-state index in [4.69, 9.17) is 0 Å². The van der Waals surface area contributed by atoms with Crippen molar-refractivity contribution >= 4 is 29.5 Å². The second-order valence-electron chi connectivity index (χ2n) is 1.61. The fourth-order valence-electron chi connectivity index (χ4n) is 0.350. The summed E-state index contributed by atoms with van der Waals surface area (Å²) < 4.78 is 0. The van der Waals surface area contributed by atoms with Gasteiger partial charge >= 0.3 is 0 Å². The highest BCUT2D eigenvalue weighted by atomic mass is 32.1. The van der Waals surface area contributed by atoms with E-state index in [1.54, 1.807) is 6.08 Å². The quantitative estimate of drug-likeness (QED) is 0.257. The summed E-state index contributed by atoms with van der Waals surface area (Å²) in [6.07, 6.45) is 1.74. The van der Waals surface area contributed by atoms with Gasteiger partial charge in [0.2, 0.25) is 6.29 Å². The van der Waals surface area contributed by atoms with Crippen LogP contribution in [0.5, 0.6) is 0 Å². The number of nitrogens with one attached hydrogen (secondary N) is 2. The molecule has 11 heavy (non-hydrogen) atoms. The van der Waals surface area contributed by atoms with Gasteiger partial charge in [-0.05, 0) is 12.2 Å². The van der Waals surface area contributed by atoms with Crippen LogP contribution < -0.4 is 10.6 Å². The molecule has 2 N–H and O–H groups in total. The number of aldehydes is 1. The number of carbonyl (C=O) groups is 2. The Balaban J connectivity index is 3.60. The fraction of sp³-hybridized carbons (Fsp3) is 0.167. The van der Waals surface area contributed by atoms with Crippen molar-refractivity contribution in [2.75, 3.05) is 6.54 Å². The van der Waals surface area contributed by atoms with E-state index >= 15 is 0 Å². The Morgan fingerprint density at radius 3 is 2.73 bits per heavy atom. The van der Waals surface area contributed by atoms with Crippen molar-refractivity contribution in [1.29, 1.82) is 0 Å². The van der Waals surface area contributed by atoms with Gasteiger partial charge in [0.15, 0.2) is 5.11 Å². The summed E-state index contributed by atoms with van der Waals surface area (Å²) in [6.45, 7) is 3.88. The molecule has 0 heterocycles. The average molecular weight is 172 g/mol. The molecule has 0 bridgehead atoms. The van der Waals surface area contributed by atoms with Crippen LogP contribution in [0.1, 0.15) is 0 Å². The summed E-state index contributed by atoms with van der Waals surface area (Å²) in [6, 6.07) is 0. The van der Waals surface area contributed by atoms with Crippen LogP contribution in [0.3, 0.4) is 0 Å². The zero-order valence-corrected chi connectivity index (χ0v) is 6.61. The lowest BCUT2D eigenvalue weighted by Crippen LogP contribution is -2.39. The van der Waals surface area contributed by atoms with Gasteiger partial charge in [-0.1, -0.05) is 6.08 Å². The first-order valence-electron chi connectivity index (χ1n) is 2.85. The normalized spacial score (nSPS) is 8.00. The summed E-state index contributed by atoms with van der Waals surface area (Å²) in [7, 11) is 0. The molecule has 0 unspecified atom stereocenters. The van der Waals surface area contributed by atoms with Crippen LogP contribution >= 0.6 is 12.2 Å². The zero-order valence-electron chi connectivity index (χ0n) is 5.79. The van der Waals surface area contributed by atoms with Crippen LogP contribution in [0.4, 0.5) is 0 Å². The number of amides is 1. The Bertz CT molecular complexity index is 191. The molecule has 60 valence electrons. The molecule has 0 saturated carbocycles. The molecule has 4 nitrogen and oxygen atoms in total. The summed E-state index contributed by atoms with van der Waals surface area (Å²) in [5.41, 5.74) is 0. The molecular formula is C6H8N2O2S. The fourth-order valence-corrected chi connectivity index (χ4v) is 0.534. The highest BCUT2D eigenvalue weighted by molar-refractivity contribution is 7.80. The van der Waals surface area contributed by atoms with Gasteiger partial charge in [-0.25, -0.2) is 0 Å². The molecule has 0 rings (SSSR count). The summed E-state index contributed by atoms with van der Waals surface area (Å²) in [5, 5.41) is 4.88. The third-order valence-electron chi connectivity index (χ3n) is 0.751. The molecule has 0 spiro atoms. The Morgan fingerprint density at radius 1 is 1.64 bits per heavy atom. The third-order valence-corrected chi connectivity index (χ3v) is 0.997. The lowest BCUT2D eigenvalue weighted by Gasteiger charge is -2.02. The van der Waals surface area contributed by atoms with Gasteiger partial charge in [-0.2, -0.15) is 0 Å². The molecule has 0 aliphatic carbocycles. The summed E-state index contributed by atoms with van der Waals surface area (Å²) in [5.74, 6) is -0.758. The molecule has 5 heteroatoms. The molecule has 0 radical (unpaired) electrons. The maximum absolute atomic E-state index is 10.4. The van der Waals surface area contributed by atoms with Crippen molar-refractivity contribution in [3.8, 4) is 0 Å². The van der Waals surface area contributed by atoms with Crippen molar-refractivity contribution in [1.82, 2.24) is 10.6 Å². The van der Waals surface area contributed by atoms with E-state index in [0.29, 0.717) is 6.54 Å². The van der Waals surface area contributed by atoms with Gasteiger partial charge in [-0.3, -0.25) is 14.9 Å². The molecule has 0 aromatic rings. The van der Waals surface area contributed by atoms with E-state index in [1.807, 2.05) is 0 Å². The van der Waals surface area contributed by atoms with Gasteiger partial charge in [-0.15, -0.1) is 6.58 Å². The van der Waals surface area contributed by atoms with E-state index < -0.39 is 5.91 Å². The molecule has 0 saturated heterocycles. The predicted octanol–water partition coefficient (Wildman–Crippen LogP) is -0.638. The van der Waals surface area contributed by atoms with Crippen molar-refractivity contribution in [2.24, 2.45) is 0 Å². The topological polar surface area (TPSA) is 58.2 Å². The van der Waals surface area contributed by atoms with Crippen LogP contribution in [0.25, 0.3) is 0 Å². The van der Waals surface area contributed by atoms with Gasteiger partial charge in [0.25, 0.3) is 5.91 Å². The number of rotatable bonds is 3. The molecule has 0 atom stereocenters. The Hall–Kier alpha value is -1.23. The first-order valence-corrected chi connectivity index (χ1v) is 3.26. The summed E-state index contributed by atoms with van der Waals surface area (Å²) in [4.78, 5) is 20.1. The van der Waals surface area contributed by atoms with E-state index in [-0.39, 0.29) is 11.4 Å². The Morgan fingerprint density at radius 2 is 2.27 bits per heavy atom. The van der Waals surface area contributed by atoms with Crippen LogP contribution in [-0.4, -0.2) is 23.9 Å². The van der Waals surface area contributed by atoms with E-state index in [0.717, 1.165) is 0 Å². The average Bonchev–Trinajstić information content (AvgIpc) is 2.00. The minimum absolute atomic E-state index is 0.127. The van der Waals surface area contributed by atoms with Crippen LogP contribution in [0.15, 0.2) is 12.7 Å². The maximum Gasteiger partial charge on any atom is 0.290 e. The van der Waals surface area contributed by atoms with Crippen molar-refractivity contribution in [2.45, 2.75) is 0 Å². The van der Waals surface area contributed by atoms with Gasteiger partial charge in [0.05, 0.1) is 0 Å². The first-order chi connectivity index (χ1) is 5.20. The molecule has 1 amide bonds. The highest BCUT2D eigenvalue weighted by Gasteiger charge is 1.98. The van der Waals surface area contributed by atoms with E-state index in [2.05, 4.69) is 29.4 Å². The van der Waals surface area contributed by atoms with E-state index in [1.165, 1.54) is 0 Å². The summed E-state index contributed by atoms with van der Waals surface area (Å²) >= 11 is 4.61. The minimum atomic E-state index is -0.758. The lowest BCUT2D eigenvalue weighted by atomic mass is 10.6. The number of carbonyl (C=O) groups excluding carboxylic acids is 2. The standard InChI is InChI=1S/C6H8N2O2S/c1-2-3-7-6(11)8-5(10)4-9/h2,4H,1,3H2,(H2,7,8,10,11). The second-order valence-corrected chi connectivity index (χ2v) is 2.01. The van der Waals surface area contributed by atoms with Gasteiger partial charge in [0, 0.05) is 6.54 Å². The molecule has 0 aromatic heterocycles. The Kier molecular flexibility index (Phi) is 4.93. The number of thiocarbonyl (C=S) groups is 1. The molecule has 0 aromatic carbocycles. The van der Waals surface area contributed by atoms with Crippen LogP contribution in [0.2, 0.25) is 0 Å². The van der Waals surface area contributed by atoms with Crippen molar-refractivity contribution in [3.63, 3.8) is 0 Å². The second kappa shape index (κ2) is 5.55. The van der Waals surface area contributed by atoms with Crippen molar-refractivity contribution < 1.29 is 9.59 Å². The van der Waals surface area contributed by atoms with Gasteiger partial charge < -0.3 is 5.32 Å². The molecule has 0 aliphatic rings. The zero-order chi connectivity index (χ0) is 8.69. The predicted molar refractivity (Wildman–Crippen MR) is 45.0 cm³/mol. The monoisotopic (exact) mass is 172 g/mol. The highest BCUT2D eigenvalue weighted by Crippen LogP contribution is 1.66. The molecule has 0 fully saturated rings. The first kappa shape index (κ1) is 9.77. The Labute approximate surface area is 69.7 Å². The molecule has 0 aliphatic heterocycles. The number of hydrogen-bond donors (Lipinski definition) is 2. The van der Waals surface area contributed by atoms with Crippen molar-refractivity contribution in [3.05, 3.63) is 12.7 Å².